The standard InChI is InChI=1S/C36H56P2/c1-32(2,3)36(37,33(4,5)6)31-10-8-7-9-30(31)23-38(34-17-24-11-25(18-34)13-26(12-24)19-34)35-20-27-14-28(21-35)16-29(15-27)22-35/h7-10,24-29H,11-23,37H2,1-6H3. The van der Waals surface area contributed by atoms with Crippen LogP contribution in [-0.4, -0.2) is 10.3 Å². The van der Waals surface area contributed by atoms with Crippen LogP contribution in [0.3, 0.4) is 0 Å². The van der Waals surface area contributed by atoms with Crippen molar-refractivity contribution in [3.05, 3.63) is 35.4 Å². The van der Waals surface area contributed by atoms with Gasteiger partial charge < -0.3 is 0 Å². The maximum absolute atomic E-state index is 3.46. The van der Waals surface area contributed by atoms with Crippen molar-refractivity contribution in [1.82, 2.24) is 0 Å². The molecule has 1 unspecified atom stereocenters. The molecule has 0 aromatic heterocycles. The highest BCUT2D eigenvalue weighted by atomic mass is 31.1. The van der Waals surface area contributed by atoms with Gasteiger partial charge in [-0.2, -0.15) is 0 Å². The molecule has 0 radical (unpaired) electrons. The molecule has 2 heteroatoms. The van der Waals surface area contributed by atoms with Gasteiger partial charge in [0.05, 0.1) is 0 Å². The minimum Gasteiger partial charge on any atom is -0.125 e. The highest BCUT2D eigenvalue weighted by molar-refractivity contribution is 7.60. The molecule has 8 bridgehead atoms. The monoisotopic (exact) mass is 550 g/mol. The normalized spacial score (nSPS) is 42.6. The number of hydrogen-bond donors (Lipinski definition) is 0. The summed E-state index contributed by atoms with van der Waals surface area (Å²) >= 11 is 0. The van der Waals surface area contributed by atoms with Crippen LogP contribution in [0.5, 0.6) is 0 Å². The second-order valence-electron chi connectivity index (χ2n) is 17.8. The predicted octanol–water partition coefficient (Wildman–Crippen LogP) is 10.8. The van der Waals surface area contributed by atoms with E-state index in [0.29, 0.717) is 10.3 Å². The largest absolute Gasteiger partial charge is 0.125 e. The van der Waals surface area contributed by atoms with Crippen molar-refractivity contribution in [2.75, 3.05) is 0 Å². The highest BCUT2D eigenvalue weighted by Crippen LogP contribution is 2.80. The lowest BCUT2D eigenvalue weighted by atomic mass is 9.55. The van der Waals surface area contributed by atoms with E-state index in [-0.39, 0.29) is 23.9 Å². The van der Waals surface area contributed by atoms with Gasteiger partial charge in [0.2, 0.25) is 0 Å². The van der Waals surface area contributed by atoms with Crippen molar-refractivity contribution in [2.45, 2.75) is 140 Å². The molecule has 1 aromatic carbocycles. The molecule has 8 saturated carbocycles. The first-order valence-corrected chi connectivity index (χ1v) is 18.6. The van der Waals surface area contributed by atoms with Crippen molar-refractivity contribution in [3.8, 4) is 0 Å². The third-order valence-corrected chi connectivity index (χ3v) is 19.4. The molecule has 8 fully saturated rings. The van der Waals surface area contributed by atoms with Gasteiger partial charge in [-0.3, -0.25) is 0 Å². The summed E-state index contributed by atoms with van der Waals surface area (Å²) in [6.07, 6.45) is 20.6. The van der Waals surface area contributed by atoms with Crippen molar-refractivity contribution >= 4 is 17.2 Å². The molecule has 0 N–H and O–H groups in total. The minimum absolute atomic E-state index is 0.0295. The van der Waals surface area contributed by atoms with Crippen LogP contribution >= 0.6 is 17.2 Å². The zero-order valence-electron chi connectivity index (χ0n) is 25.5. The van der Waals surface area contributed by atoms with Gasteiger partial charge in [0, 0.05) is 5.16 Å². The predicted molar refractivity (Wildman–Crippen MR) is 169 cm³/mol. The maximum Gasteiger partial charge on any atom is 0.0196 e. The third-order valence-electron chi connectivity index (χ3n) is 13.3. The SMILES string of the molecule is CC(C)(C)C(P)(c1ccccc1CP(C12CC3CC(CC(C3)C1)C2)C12CC3CC(CC(C3)C1)C2)C(C)(C)C. The van der Waals surface area contributed by atoms with E-state index in [1.54, 1.807) is 88.2 Å². The van der Waals surface area contributed by atoms with E-state index in [9.17, 15) is 0 Å². The summed E-state index contributed by atoms with van der Waals surface area (Å²) in [6, 6.07) is 9.89. The molecule has 0 saturated heterocycles. The average Bonchev–Trinajstić information content (AvgIpc) is 2.79. The van der Waals surface area contributed by atoms with Crippen LogP contribution in [-0.2, 0) is 11.3 Å². The highest BCUT2D eigenvalue weighted by Gasteiger charge is 2.62. The number of rotatable bonds is 5. The Kier molecular flexibility index (Phi) is 6.24. The Bertz CT molecular complexity index is 939. The molecular formula is C36H56P2. The van der Waals surface area contributed by atoms with Crippen molar-refractivity contribution < 1.29 is 0 Å². The average molecular weight is 551 g/mol. The van der Waals surface area contributed by atoms with Crippen molar-refractivity contribution in [1.29, 1.82) is 0 Å². The van der Waals surface area contributed by atoms with Crippen molar-refractivity contribution in [3.63, 3.8) is 0 Å². The zero-order valence-corrected chi connectivity index (χ0v) is 27.5. The Labute approximate surface area is 238 Å². The quantitative estimate of drug-likeness (QED) is 0.320. The van der Waals surface area contributed by atoms with Crippen LogP contribution in [0.2, 0.25) is 0 Å². The summed E-state index contributed by atoms with van der Waals surface area (Å²) in [5.41, 5.74) is 3.75. The molecule has 38 heavy (non-hydrogen) atoms. The molecule has 1 aromatic rings. The van der Waals surface area contributed by atoms with Crippen LogP contribution in [0.25, 0.3) is 0 Å². The van der Waals surface area contributed by atoms with Crippen LogP contribution < -0.4 is 0 Å². The van der Waals surface area contributed by atoms with E-state index in [4.69, 9.17) is 0 Å². The Balaban J connectivity index is 1.35. The van der Waals surface area contributed by atoms with Crippen LogP contribution in [0.1, 0.15) is 130 Å². The van der Waals surface area contributed by atoms with Gasteiger partial charge in [-0.15, -0.1) is 9.24 Å². The first-order valence-electron chi connectivity index (χ1n) is 16.5. The van der Waals surface area contributed by atoms with Crippen molar-refractivity contribution in [2.24, 2.45) is 46.3 Å². The lowest BCUT2D eigenvalue weighted by molar-refractivity contribution is 0.0184. The second-order valence-corrected chi connectivity index (χ2v) is 21.8. The fraction of sp³-hybridized carbons (Fsp3) is 0.833. The Morgan fingerprint density at radius 2 is 0.974 bits per heavy atom. The lowest BCUT2D eigenvalue weighted by Gasteiger charge is -2.67. The summed E-state index contributed by atoms with van der Waals surface area (Å²) < 4.78 is 0. The van der Waals surface area contributed by atoms with Gasteiger partial charge >= 0.3 is 0 Å². The van der Waals surface area contributed by atoms with E-state index in [0.717, 1.165) is 35.5 Å². The minimum atomic E-state index is -0.0295. The first-order chi connectivity index (χ1) is 17.8. The van der Waals surface area contributed by atoms with E-state index in [1.165, 1.54) is 6.16 Å². The van der Waals surface area contributed by atoms with Crippen LogP contribution in [0.4, 0.5) is 0 Å². The molecule has 9 rings (SSSR count). The smallest absolute Gasteiger partial charge is 0.0196 e. The summed E-state index contributed by atoms with van der Waals surface area (Å²) in [5, 5.41) is 1.46. The third kappa shape index (κ3) is 4.02. The lowest BCUT2D eigenvalue weighted by Crippen LogP contribution is -2.56. The first kappa shape index (κ1) is 26.9. The maximum atomic E-state index is 3.46. The zero-order chi connectivity index (χ0) is 26.7. The number of hydrogen-bond acceptors (Lipinski definition) is 0. The van der Waals surface area contributed by atoms with Gasteiger partial charge in [-0.25, -0.2) is 0 Å². The van der Waals surface area contributed by atoms with E-state index >= 15 is 0 Å². The summed E-state index contributed by atoms with van der Waals surface area (Å²) in [5.74, 6) is 6.42. The second kappa shape index (κ2) is 8.80. The van der Waals surface area contributed by atoms with Crippen LogP contribution in [0.15, 0.2) is 24.3 Å². The fourth-order valence-corrected chi connectivity index (χ4v) is 18.2. The Morgan fingerprint density at radius 3 is 1.32 bits per heavy atom. The molecule has 0 nitrogen and oxygen atoms in total. The molecule has 8 aliphatic rings. The summed E-state index contributed by atoms with van der Waals surface area (Å²) in [4.78, 5) is 0. The van der Waals surface area contributed by atoms with Gasteiger partial charge in [-0.1, -0.05) is 73.7 Å². The van der Waals surface area contributed by atoms with E-state index < -0.39 is 0 Å². The Hall–Kier alpha value is 0.0800. The molecule has 0 spiro atoms. The molecular weight excluding hydrogens is 494 g/mol. The van der Waals surface area contributed by atoms with E-state index in [2.05, 4.69) is 75.0 Å². The summed E-state index contributed by atoms with van der Waals surface area (Å²) in [7, 11) is 3.43. The number of benzene rings is 1. The van der Waals surface area contributed by atoms with Gasteiger partial charge in [0.25, 0.3) is 0 Å². The Morgan fingerprint density at radius 1 is 0.632 bits per heavy atom. The summed E-state index contributed by atoms with van der Waals surface area (Å²) in [6.45, 7) is 14.9. The topological polar surface area (TPSA) is 0 Å². The van der Waals surface area contributed by atoms with Gasteiger partial charge in [0.1, 0.15) is 0 Å². The molecule has 1 atom stereocenters. The molecule has 210 valence electrons. The fourth-order valence-electron chi connectivity index (χ4n) is 12.8. The molecule has 0 amide bonds. The molecule has 0 aliphatic heterocycles. The van der Waals surface area contributed by atoms with Crippen LogP contribution in [0, 0.1) is 46.3 Å². The van der Waals surface area contributed by atoms with Gasteiger partial charge in [-0.05, 0) is 151 Å². The van der Waals surface area contributed by atoms with Gasteiger partial charge in [0.15, 0.2) is 0 Å². The molecule has 0 heterocycles. The molecule has 8 aliphatic carbocycles. The van der Waals surface area contributed by atoms with E-state index in [1.807, 2.05) is 0 Å².